The molecule has 0 amide bonds. The molecule has 2 N–H and O–H groups in total. The van der Waals surface area contributed by atoms with Crippen LogP contribution < -0.4 is 10.6 Å². The average molecular weight is 328 g/mol. The van der Waals surface area contributed by atoms with Crippen LogP contribution in [-0.2, 0) is 0 Å². The number of nitrogens with zero attached hydrogens (tertiary/aromatic N) is 2. The SMILES string of the molecule is NC1CN(c2ccnc3cc(-c4ccccc4F)c(Cl)cc23)C1. The van der Waals surface area contributed by atoms with Crippen LogP contribution in [0.4, 0.5) is 10.1 Å². The summed E-state index contributed by atoms with van der Waals surface area (Å²) in [4.78, 5) is 6.62. The molecule has 4 rings (SSSR count). The summed E-state index contributed by atoms with van der Waals surface area (Å²) in [5.74, 6) is -0.293. The molecular weight excluding hydrogens is 313 g/mol. The molecule has 0 bridgehead atoms. The van der Waals surface area contributed by atoms with Crippen molar-refractivity contribution < 1.29 is 4.39 Å². The van der Waals surface area contributed by atoms with Gasteiger partial charge in [-0.15, -0.1) is 0 Å². The Morgan fingerprint density at radius 3 is 2.65 bits per heavy atom. The molecule has 1 aliphatic heterocycles. The van der Waals surface area contributed by atoms with Gasteiger partial charge >= 0.3 is 0 Å². The number of anilines is 1. The first-order valence-corrected chi connectivity index (χ1v) is 7.85. The lowest BCUT2D eigenvalue weighted by molar-refractivity contribution is 0.521. The van der Waals surface area contributed by atoms with Gasteiger partial charge in [0.1, 0.15) is 5.82 Å². The highest BCUT2D eigenvalue weighted by Gasteiger charge is 2.25. The topological polar surface area (TPSA) is 42.1 Å². The Morgan fingerprint density at radius 1 is 1.13 bits per heavy atom. The predicted molar refractivity (Wildman–Crippen MR) is 92.3 cm³/mol. The number of rotatable bonds is 2. The van der Waals surface area contributed by atoms with E-state index in [1.54, 1.807) is 24.4 Å². The van der Waals surface area contributed by atoms with E-state index in [0.717, 1.165) is 29.7 Å². The molecule has 0 saturated carbocycles. The van der Waals surface area contributed by atoms with Gasteiger partial charge in [0.05, 0.1) is 5.52 Å². The second-order valence-corrected chi connectivity index (χ2v) is 6.23. The van der Waals surface area contributed by atoms with Crippen molar-refractivity contribution in [1.29, 1.82) is 0 Å². The maximum atomic E-state index is 14.1. The fraction of sp³-hybridized carbons (Fsp3) is 0.167. The molecule has 2 heterocycles. The molecule has 1 aliphatic rings. The van der Waals surface area contributed by atoms with Gasteiger partial charge < -0.3 is 10.6 Å². The number of fused-ring (bicyclic) bond motifs is 1. The molecule has 116 valence electrons. The highest BCUT2D eigenvalue weighted by atomic mass is 35.5. The van der Waals surface area contributed by atoms with E-state index < -0.39 is 0 Å². The third-order valence-corrected chi connectivity index (χ3v) is 4.53. The minimum Gasteiger partial charge on any atom is -0.368 e. The summed E-state index contributed by atoms with van der Waals surface area (Å²) >= 11 is 6.44. The molecule has 1 fully saturated rings. The summed E-state index contributed by atoms with van der Waals surface area (Å²) in [5, 5.41) is 1.48. The van der Waals surface area contributed by atoms with Gasteiger partial charge in [0, 0.05) is 52.6 Å². The lowest BCUT2D eigenvalue weighted by Gasteiger charge is -2.39. The van der Waals surface area contributed by atoms with E-state index in [9.17, 15) is 4.39 Å². The number of benzene rings is 2. The molecular formula is C18H15ClFN3. The van der Waals surface area contributed by atoms with Crippen molar-refractivity contribution in [3.05, 3.63) is 59.5 Å². The van der Waals surface area contributed by atoms with Crippen LogP contribution in [0.25, 0.3) is 22.0 Å². The summed E-state index contributed by atoms with van der Waals surface area (Å²) in [6.07, 6.45) is 1.76. The Balaban J connectivity index is 1.87. The quantitative estimate of drug-likeness (QED) is 0.777. The predicted octanol–water partition coefficient (Wildman–Crippen LogP) is 3.84. The van der Waals surface area contributed by atoms with E-state index >= 15 is 0 Å². The molecule has 1 aromatic heterocycles. The molecule has 1 saturated heterocycles. The van der Waals surface area contributed by atoms with Gasteiger partial charge in [-0.2, -0.15) is 0 Å². The number of halogens is 2. The van der Waals surface area contributed by atoms with E-state index in [4.69, 9.17) is 17.3 Å². The zero-order valence-electron chi connectivity index (χ0n) is 12.3. The molecule has 3 aromatic rings. The molecule has 3 nitrogen and oxygen atoms in total. The van der Waals surface area contributed by atoms with Crippen molar-refractivity contribution in [2.24, 2.45) is 5.73 Å². The number of aromatic nitrogens is 1. The van der Waals surface area contributed by atoms with Gasteiger partial charge in [0.15, 0.2) is 0 Å². The van der Waals surface area contributed by atoms with Crippen LogP contribution in [-0.4, -0.2) is 24.1 Å². The number of hydrogen-bond acceptors (Lipinski definition) is 3. The molecule has 0 unspecified atom stereocenters. The Morgan fingerprint density at radius 2 is 1.91 bits per heavy atom. The second-order valence-electron chi connectivity index (χ2n) is 5.82. The second kappa shape index (κ2) is 5.48. The van der Waals surface area contributed by atoms with Crippen LogP contribution in [0.1, 0.15) is 0 Å². The van der Waals surface area contributed by atoms with Gasteiger partial charge in [-0.05, 0) is 24.3 Å². The van der Waals surface area contributed by atoms with E-state index in [-0.39, 0.29) is 11.9 Å². The maximum absolute atomic E-state index is 14.1. The minimum absolute atomic E-state index is 0.214. The standard InChI is InChI=1S/C18H15ClFN3/c19-15-7-14-17(8-13(15)12-3-1-2-4-16(12)20)22-6-5-18(14)23-9-11(21)10-23/h1-8,11H,9-10,21H2. The van der Waals surface area contributed by atoms with Crippen LogP contribution in [0.3, 0.4) is 0 Å². The number of nitrogens with two attached hydrogens (primary N) is 1. The van der Waals surface area contributed by atoms with Crippen molar-refractivity contribution in [2.45, 2.75) is 6.04 Å². The Labute approximate surface area is 138 Å². The van der Waals surface area contributed by atoms with Crippen LogP contribution in [0, 0.1) is 5.82 Å². The zero-order valence-corrected chi connectivity index (χ0v) is 13.1. The van der Waals surface area contributed by atoms with Crippen molar-refractivity contribution in [2.75, 3.05) is 18.0 Å². The fourth-order valence-electron chi connectivity index (χ4n) is 3.02. The summed E-state index contributed by atoms with van der Waals surface area (Å²) < 4.78 is 14.1. The van der Waals surface area contributed by atoms with Gasteiger partial charge in [-0.25, -0.2) is 4.39 Å². The van der Waals surface area contributed by atoms with Crippen LogP contribution in [0.2, 0.25) is 5.02 Å². The largest absolute Gasteiger partial charge is 0.368 e. The number of hydrogen-bond donors (Lipinski definition) is 1. The van der Waals surface area contributed by atoms with E-state index in [1.807, 2.05) is 18.2 Å². The minimum atomic E-state index is -0.293. The summed E-state index contributed by atoms with van der Waals surface area (Å²) in [6, 6.07) is 12.5. The molecule has 0 spiro atoms. The average Bonchev–Trinajstić information content (AvgIpc) is 2.52. The first kappa shape index (κ1) is 14.4. The molecule has 0 atom stereocenters. The van der Waals surface area contributed by atoms with E-state index in [1.165, 1.54) is 6.07 Å². The Hall–Kier alpha value is -2.17. The molecule has 2 aromatic carbocycles. The highest BCUT2D eigenvalue weighted by Crippen LogP contribution is 2.37. The van der Waals surface area contributed by atoms with Crippen LogP contribution in [0.15, 0.2) is 48.7 Å². The molecule has 0 radical (unpaired) electrons. The zero-order chi connectivity index (χ0) is 16.0. The fourth-order valence-corrected chi connectivity index (χ4v) is 3.29. The van der Waals surface area contributed by atoms with Crippen molar-refractivity contribution in [1.82, 2.24) is 4.98 Å². The normalized spacial score (nSPS) is 15.0. The van der Waals surface area contributed by atoms with E-state index in [2.05, 4.69) is 9.88 Å². The van der Waals surface area contributed by atoms with Gasteiger partial charge in [-0.3, -0.25) is 4.98 Å². The molecule has 0 aliphatic carbocycles. The van der Waals surface area contributed by atoms with Crippen molar-refractivity contribution >= 4 is 28.2 Å². The molecule has 23 heavy (non-hydrogen) atoms. The Bertz CT molecular complexity index is 891. The van der Waals surface area contributed by atoms with Crippen LogP contribution in [0.5, 0.6) is 0 Å². The first-order valence-electron chi connectivity index (χ1n) is 7.47. The molecule has 5 heteroatoms. The van der Waals surface area contributed by atoms with Gasteiger partial charge in [0.25, 0.3) is 0 Å². The van der Waals surface area contributed by atoms with Crippen molar-refractivity contribution in [3.63, 3.8) is 0 Å². The maximum Gasteiger partial charge on any atom is 0.131 e. The van der Waals surface area contributed by atoms with Gasteiger partial charge in [0.2, 0.25) is 0 Å². The van der Waals surface area contributed by atoms with E-state index in [0.29, 0.717) is 16.1 Å². The summed E-state index contributed by atoms with van der Waals surface area (Å²) in [5.41, 5.74) is 8.88. The lowest BCUT2D eigenvalue weighted by Crippen LogP contribution is -2.55. The van der Waals surface area contributed by atoms with Gasteiger partial charge in [-0.1, -0.05) is 29.8 Å². The number of pyridine rings is 1. The lowest BCUT2D eigenvalue weighted by atomic mass is 10.0. The smallest absolute Gasteiger partial charge is 0.131 e. The third kappa shape index (κ3) is 2.44. The summed E-state index contributed by atoms with van der Waals surface area (Å²) in [7, 11) is 0. The Kier molecular flexibility index (Phi) is 3.43. The third-order valence-electron chi connectivity index (χ3n) is 4.22. The highest BCUT2D eigenvalue weighted by molar-refractivity contribution is 6.34. The van der Waals surface area contributed by atoms with Crippen molar-refractivity contribution in [3.8, 4) is 11.1 Å². The summed E-state index contributed by atoms with van der Waals surface area (Å²) in [6.45, 7) is 1.65. The van der Waals surface area contributed by atoms with Crippen LogP contribution >= 0.6 is 11.6 Å². The monoisotopic (exact) mass is 327 g/mol. The first-order chi connectivity index (χ1) is 11.1.